The maximum atomic E-state index is 11.2. The Morgan fingerprint density at radius 3 is 2.79 bits per heavy atom. The number of hydrogen-bond donors (Lipinski definition) is 1. The third kappa shape index (κ3) is 1.89. The van der Waals surface area contributed by atoms with E-state index in [0.717, 1.165) is 24.2 Å². The molecule has 1 aromatic heterocycles. The maximum absolute atomic E-state index is 11.2. The van der Waals surface area contributed by atoms with Crippen molar-refractivity contribution >= 4 is 27.7 Å². The van der Waals surface area contributed by atoms with E-state index < -0.39 is 10.5 Å². The van der Waals surface area contributed by atoms with Crippen LogP contribution in [0.15, 0.2) is 26.3 Å². The fourth-order valence-corrected chi connectivity index (χ4v) is 3.45. The van der Waals surface area contributed by atoms with Crippen molar-refractivity contribution in [2.45, 2.75) is 31.2 Å². The molecule has 1 saturated carbocycles. The highest BCUT2D eigenvalue weighted by Gasteiger charge is 2.38. The van der Waals surface area contributed by atoms with Crippen molar-refractivity contribution < 1.29 is 14.3 Å². The van der Waals surface area contributed by atoms with Gasteiger partial charge in [-0.15, -0.1) is 0 Å². The zero-order valence-electron chi connectivity index (χ0n) is 10.0. The molecule has 0 radical (unpaired) electrons. The fraction of sp³-hybridized carbons (Fsp3) is 0.385. The summed E-state index contributed by atoms with van der Waals surface area (Å²) in [5.74, 6) is 0.0467. The lowest BCUT2D eigenvalue weighted by Crippen LogP contribution is -2.18. The second-order valence-corrected chi connectivity index (χ2v) is 5.69. The highest BCUT2D eigenvalue weighted by Crippen LogP contribution is 2.46. The molecule has 0 unspecified atom stereocenters. The Balaban J connectivity index is 2.25. The quantitative estimate of drug-likeness (QED) is 0.676. The molecule has 1 aromatic carbocycles. The molecule has 1 aliphatic rings. The molecule has 0 bridgehead atoms. The number of phenolic OH excluding ortho intramolecular Hbond substituents is 1. The van der Waals surface area contributed by atoms with E-state index in [-0.39, 0.29) is 5.75 Å². The van der Waals surface area contributed by atoms with Crippen molar-refractivity contribution in [3.8, 4) is 5.75 Å². The molecule has 0 aliphatic heterocycles. The molecule has 1 aliphatic carbocycles. The second-order valence-electron chi connectivity index (χ2n) is 4.71. The van der Waals surface area contributed by atoms with Crippen LogP contribution in [0.2, 0.25) is 0 Å². The van der Waals surface area contributed by atoms with E-state index in [9.17, 15) is 14.7 Å². The Bertz CT molecular complexity index is 733. The Labute approximate surface area is 112 Å². The summed E-state index contributed by atoms with van der Waals surface area (Å²) in [4.78, 5) is 25.4. The van der Waals surface area contributed by atoms with E-state index in [2.05, 4.69) is 4.99 Å². The van der Waals surface area contributed by atoms with Gasteiger partial charge in [0.25, 0.3) is 0 Å². The Morgan fingerprint density at radius 2 is 2.11 bits per heavy atom. The van der Waals surface area contributed by atoms with Gasteiger partial charge in [-0.2, -0.15) is 4.99 Å². The highest BCUT2D eigenvalue weighted by atomic mass is 32.1. The van der Waals surface area contributed by atoms with Crippen molar-refractivity contribution in [2.75, 3.05) is 0 Å². The third-order valence-electron chi connectivity index (χ3n) is 3.64. The van der Waals surface area contributed by atoms with E-state index >= 15 is 0 Å². The van der Waals surface area contributed by atoms with Gasteiger partial charge in [0, 0.05) is 11.6 Å². The van der Waals surface area contributed by atoms with E-state index in [1.807, 2.05) is 0 Å². The van der Waals surface area contributed by atoms with Crippen LogP contribution in [0.25, 0.3) is 10.3 Å². The van der Waals surface area contributed by atoms with E-state index in [1.165, 1.54) is 6.07 Å². The average Bonchev–Trinajstić information content (AvgIpc) is 2.95. The van der Waals surface area contributed by atoms with Gasteiger partial charge >= 0.3 is 4.94 Å². The molecule has 5 nitrogen and oxygen atoms in total. The minimum Gasteiger partial charge on any atom is -0.508 e. The van der Waals surface area contributed by atoms with E-state index in [4.69, 9.17) is 4.42 Å². The Kier molecular flexibility index (Phi) is 2.77. The van der Waals surface area contributed by atoms with Crippen LogP contribution < -0.4 is 4.94 Å². The monoisotopic (exact) mass is 277 g/mol. The second kappa shape index (κ2) is 4.33. The third-order valence-corrected chi connectivity index (χ3v) is 4.43. The average molecular weight is 277 g/mol. The van der Waals surface area contributed by atoms with Gasteiger partial charge in [0.05, 0.1) is 4.70 Å². The van der Waals surface area contributed by atoms with Crippen molar-refractivity contribution in [1.29, 1.82) is 0 Å². The number of isocyanates is 1. The van der Waals surface area contributed by atoms with Crippen LogP contribution >= 0.6 is 11.3 Å². The van der Waals surface area contributed by atoms with Crippen LogP contribution in [0.3, 0.4) is 0 Å². The molecule has 6 heteroatoms. The minimum absolute atomic E-state index is 0.0467. The molecular weight excluding hydrogens is 266 g/mol. The lowest BCUT2D eigenvalue weighted by Gasteiger charge is -2.23. The van der Waals surface area contributed by atoms with Crippen molar-refractivity contribution in [3.05, 3.63) is 27.4 Å². The number of benzene rings is 1. The molecule has 1 heterocycles. The number of nitrogens with zero attached hydrogens (tertiary/aromatic N) is 1. The van der Waals surface area contributed by atoms with Gasteiger partial charge in [0.15, 0.2) is 0 Å². The summed E-state index contributed by atoms with van der Waals surface area (Å²) in [6.07, 6.45) is 4.87. The molecule has 1 fully saturated rings. The molecule has 2 aromatic rings. The number of rotatable bonds is 2. The standard InChI is InChI=1S/C13H11NO4S/c15-7-14-13(3-1-2-4-13)8-5-10-11(6-9(8)16)19-12(17)18-10/h5-6,16H,1-4H2. The number of fused-ring (bicyclic) bond motifs is 1. The van der Waals surface area contributed by atoms with Crippen LogP contribution in [-0.2, 0) is 10.3 Å². The molecule has 98 valence electrons. The lowest BCUT2D eigenvalue weighted by atomic mass is 9.88. The van der Waals surface area contributed by atoms with Gasteiger partial charge in [-0.05, 0) is 18.9 Å². The van der Waals surface area contributed by atoms with Gasteiger partial charge in [0.1, 0.15) is 16.9 Å². The SMILES string of the molecule is O=C=NC1(c2cc3oc(=O)sc3cc2O)CCCC1. The fourth-order valence-electron chi connectivity index (χ4n) is 2.77. The minimum atomic E-state index is -0.722. The van der Waals surface area contributed by atoms with Gasteiger partial charge in [0.2, 0.25) is 6.08 Å². The topological polar surface area (TPSA) is 79.9 Å². The molecule has 0 spiro atoms. The number of phenols is 1. The first kappa shape index (κ1) is 12.1. The first-order valence-corrected chi connectivity index (χ1v) is 6.82. The molecule has 0 atom stereocenters. The molecule has 1 N–H and O–H groups in total. The summed E-state index contributed by atoms with van der Waals surface area (Å²) < 4.78 is 5.65. The zero-order valence-corrected chi connectivity index (χ0v) is 10.8. The van der Waals surface area contributed by atoms with Gasteiger partial charge in [-0.25, -0.2) is 9.59 Å². The number of hydrogen-bond acceptors (Lipinski definition) is 6. The van der Waals surface area contributed by atoms with Crippen LogP contribution in [0.5, 0.6) is 5.75 Å². The predicted octanol–water partition coefficient (Wildman–Crippen LogP) is 2.67. The van der Waals surface area contributed by atoms with E-state index in [1.54, 1.807) is 12.1 Å². The largest absolute Gasteiger partial charge is 0.508 e. The molecule has 3 rings (SSSR count). The summed E-state index contributed by atoms with van der Waals surface area (Å²) in [5, 5.41) is 10.1. The van der Waals surface area contributed by atoms with Crippen LogP contribution in [0, 0.1) is 0 Å². The highest BCUT2D eigenvalue weighted by molar-refractivity contribution is 7.16. The summed E-state index contributed by atoms with van der Waals surface area (Å²) >= 11 is 0.940. The van der Waals surface area contributed by atoms with Gasteiger partial charge < -0.3 is 9.52 Å². The Morgan fingerprint density at radius 1 is 1.37 bits per heavy atom. The predicted molar refractivity (Wildman–Crippen MR) is 70.3 cm³/mol. The van der Waals surface area contributed by atoms with Gasteiger partial charge in [-0.3, -0.25) is 0 Å². The lowest BCUT2D eigenvalue weighted by molar-refractivity contribution is 0.408. The number of carbonyl (C=O) groups excluding carboxylic acids is 1. The van der Waals surface area contributed by atoms with Crippen LogP contribution in [0.1, 0.15) is 31.2 Å². The normalized spacial score (nSPS) is 17.5. The zero-order chi connectivity index (χ0) is 13.5. The molecule has 0 saturated heterocycles. The molecule has 19 heavy (non-hydrogen) atoms. The van der Waals surface area contributed by atoms with Gasteiger partial charge in [-0.1, -0.05) is 24.2 Å². The first-order chi connectivity index (χ1) is 9.14. The Hall–Kier alpha value is -1.91. The molecule has 0 amide bonds. The summed E-state index contributed by atoms with van der Waals surface area (Å²) in [6, 6.07) is 3.12. The molecular formula is C13H11NO4S. The summed E-state index contributed by atoms with van der Waals surface area (Å²) in [5.41, 5.74) is 0.248. The van der Waals surface area contributed by atoms with Crippen molar-refractivity contribution in [1.82, 2.24) is 0 Å². The van der Waals surface area contributed by atoms with Crippen LogP contribution in [0.4, 0.5) is 0 Å². The number of aliphatic imine (C=N–C) groups is 1. The van der Waals surface area contributed by atoms with Crippen molar-refractivity contribution in [2.24, 2.45) is 4.99 Å². The van der Waals surface area contributed by atoms with E-state index in [0.29, 0.717) is 28.7 Å². The smallest absolute Gasteiger partial charge is 0.396 e. The first-order valence-electron chi connectivity index (χ1n) is 6.01. The summed E-state index contributed by atoms with van der Waals surface area (Å²) in [7, 11) is 0. The van der Waals surface area contributed by atoms with Crippen LogP contribution in [-0.4, -0.2) is 11.2 Å². The summed E-state index contributed by atoms with van der Waals surface area (Å²) in [6.45, 7) is 0. The number of aromatic hydroxyl groups is 1. The van der Waals surface area contributed by atoms with Crippen molar-refractivity contribution in [3.63, 3.8) is 0 Å². The maximum Gasteiger partial charge on any atom is 0.396 e.